The van der Waals surface area contributed by atoms with Crippen LogP contribution in [0.2, 0.25) is 0 Å². The lowest BCUT2D eigenvalue weighted by molar-refractivity contribution is 0.405. The number of hydrogen-bond acceptors (Lipinski definition) is 2. The number of fused-ring (bicyclic) bond motifs is 1. The van der Waals surface area contributed by atoms with Gasteiger partial charge < -0.3 is 10.1 Å². The molecular weight excluding hydrogens is 210 g/mol. The van der Waals surface area contributed by atoms with Gasteiger partial charge in [-0.25, -0.2) is 0 Å². The van der Waals surface area contributed by atoms with Gasteiger partial charge in [-0.15, -0.1) is 0 Å². The lowest BCUT2D eigenvalue weighted by atomic mass is 9.86. The standard InChI is InChI=1S/C15H21NO/c1-17-15-9-12-5-3-2-4-11(12)8-14(15)13-6-7-16-10-13/h8-9,13,16H,2-7,10H2,1H3. The minimum absolute atomic E-state index is 0.650. The van der Waals surface area contributed by atoms with Crippen molar-refractivity contribution in [3.05, 3.63) is 28.8 Å². The van der Waals surface area contributed by atoms with Crippen molar-refractivity contribution in [1.82, 2.24) is 5.32 Å². The summed E-state index contributed by atoms with van der Waals surface area (Å²) in [4.78, 5) is 0. The Kier molecular flexibility index (Phi) is 3.06. The van der Waals surface area contributed by atoms with Gasteiger partial charge in [-0.2, -0.15) is 0 Å². The van der Waals surface area contributed by atoms with Crippen molar-refractivity contribution in [2.24, 2.45) is 0 Å². The maximum absolute atomic E-state index is 5.60. The van der Waals surface area contributed by atoms with E-state index >= 15 is 0 Å². The normalized spacial score (nSPS) is 23.5. The van der Waals surface area contributed by atoms with Crippen LogP contribution in [0, 0.1) is 0 Å². The van der Waals surface area contributed by atoms with Gasteiger partial charge in [0.2, 0.25) is 0 Å². The van der Waals surface area contributed by atoms with Crippen LogP contribution in [0.15, 0.2) is 12.1 Å². The molecule has 17 heavy (non-hydrogen) atoms. The van der Waals surface area contributed by atoms with Gasteiger partial charge in [-0.1, -0.05) is 6.07 Å². The molecule has 0 saturated carbocycles. The second-order valence-electron chi connectivity index (χ2n) is 5.26. The Bertz CT molecular complexity index is 408. The van der Waals surface area contributed by atoms with Gasteiger partial charge in [0.25, 0.3) is 0 Å². The predicted octanol–water partition coefficient (Wildman–Crippen LogP) is 2.65. The predicted molar refractivity (Wildman–Crippen MR) is 69.9 cm³/mol. The van der Waals surface area contributed by atoms with Crippen molar-refractivity contribution in [3.63, 3.8) is 0 Å². The SMILES string of the molecule is COc1cc2c(cc1C1CCNC1)CCCC2. The summed E-state index contributed by atoms with van der Waals surface area (Å²) < 4.78 is 5.60. The van der Waals surface area contributed by atoms with Crippen LogP contribution in [0.4, 0.5) is 0 Å². The Morgan fingerprint density at radius 3 is 2.59 bits per heavy atom. The van der Waals surface area contributed by atoms with Crippen LogP contribution in [0.3, 0.4) is 0 Å². The Morgan fingerprint density at radius 1 is 1.18 bits per heavy atom. The third-order valence-corrected chi connectivity index (χ3v) is 4.19. The average Bonchev–Trinajstić information content (AvgIpc) is 2.91. The van der Waals surface area contributed by atoms with Gasteiger partial charge in [0.1, 0.15) is 5.75 Å². The van der Waals surface area contributed by atoms with Crippen LogP contribution >= 0.6 is 0 Å². The van der Waals surface area contributed by atoms with E-state index in [9.17, 15) is 0 Å². The fraction of sp³-hybridized carbons (Fsp3) is 0.600. The summed E-state index contributed by atoms with van der Waals surface area (Å²) in [5.74, 6) is 1.76. The number of ether oxygens (including phenoxy) is 1. The van der Waals surface area contributed by atoms with Crippen molar-refractivity contribution in [2.45, 2.75) is 38.0 Å². The third kappa shape index (κ3) is 2.06. The van der Waals surface area contributed by atoms with Crippen LogP contribution in [0.1, 0.15) is 41.9 Å². The highest BCUT2D eigenvalue weighted by Gasteiger charge is 2.22. The molecule has 1 saturated heterocycles. The van der Waals surface area contributed by atoms with E-state index in [0.29, 0.717) is 5.92 Å². The van der Waals surface area contributed by atoms with E-state index in [-0.39, 0.29) is 0 Å². The molecule has 1 N–H and O–H groups in total. The van der Waals surface area contributed by atoms with Crippen LogP contribution in [0.25, 0.3) is 0 Å². The molecular formula is C15H21NO. The van der Waals surface area contributed by atoms with Gasteiger partial charge in [0.05, 0.1) is 7.11 Å². The van der Waals surface area contributed by atoms with Crippen LogP contribution in [-0.2, 0) is 12.8 Å². The molecule has 2 nitrogen and oxygen atoms in total. The molecule has 1 unspecified atom stereocenters. The zero-order chi connectivity index (χ0) is 11.7. The van der Waals surface area contributed by atoms with Crippen molar-refractivity contribution in [1.29, 1.82) is 0 Å². The first kappa shape index (κ1) is 11.1. The van der Waals surface area contributed by atoms with Gasteiger partial charge >= 0.3 is 0 Å². The van der Waals surface area contributed by atoms with E-state index < -0.39 is 0 Å². The fourth-order valence-corrected chi connectivity index (χ4v) is 3.20. The van der Waals surface area contributed by atoms with E-state index in [2.05, 4.69) is 17.4 Å². The molecule has 1 heterocycles. The van der Waals surface area contributed by atoms with Crippen LogP contribution < -0.4 is 10.1 Å². The maximum atomic E-state index is 5.60. The minimum Gasteiger partial charge on any atom is -0.496 e. The highest BCUT2D eigenvalue weighted by atomic mass is 16.5. The summed E-state index contributed by atoms with van der Waals surface area (Å²) in [5, 5.41) is 3.45. The minimum atomic E-state index is 0.650. The topological polar surface area (TPSA) is 21.3 Å². The van der Waals surface area contributed by atoms with Crippen molar-refractivity contribution in [3.8, 4) is 5.75 Å². The molecule has 3 rings (SSSR count). The van der Waals surface area contributed by atoms with Gasteiger partial charge in [-0.3, -0.25) is 0 Å². The van der Waals surface area contributed by atoms with Gasteiger partial charge in [0.15, 0.2) is 0 Å². The Balaban J connectivity index is 2.00. The number of nitrogens with one attached hydrogen (secondary N) is 1. The molecule has 0 spiro atoms. The molecule has 0 amide bonds. The second kappa shape index (κ2) is 4.69. The van der Waals surface area contributed by atoms with E-state index in [1.54, 1.807) is 12.7 Å². The Morgan fingerprint density at radius 2 is 1.94 bits per heavy atom. The monoisotopic (exact) mass is 231 g/mol. The highest BCUT2D eigenvalue weighted by molar-refractivity contribution is 5.46. The lowest BCUT2D eigenvalue weighted by Crippen LogP contribution is -2.11. The largest absolute Gasteiger partial charge is 0.496 e. The van der Waals surface area contributed by atoms with Crippen molar-refractivity contribution in [2.75, 3.05) is 20.2 Å². The molecule has 1 aromatic carbocycles. The van der Waals surface area contributed by atoms with Crippen LogP contribution in [-0.4, -0.2) is 20.2 Å². The van der Waals surface area contributed by atoms with E-state index in [4.69, 9.17) is 4.74 Å². The van der Waals surface area contributed by atoms with Crippen molar-refractivity contribution >= 4 is 0 Å². The maximum Gasteiger partial charge on any atom is 0.122 e. The summed E-state index contributed by atoms with van der Waals surface area (Å²) in [5.41, 5.74) is 4.51. The zero-order valence-corrected chi connectivity index (χ0v) is 10.6. The number of rotatable bonds is 2. The molecule has 1 aromatic rings. The number of benzene rings is 1. The first-order chi connectivity index (χ1) is 8.38. The van der Waals surface area contributed by atoms with E-state index in [0.717, 1.165) is 18.8 Å². The Labute approximate surface area is 103 Å². The average molecular weight is 231 g/mol. The quantitative estimate of drug-likeness (QED) is 0.845. The number of aryl methyl sites for hydroxylation is 2. The summed E-state index contributed by atoms with van der Waals surface area (Å²) in [6, 6.07) is 4.72. The molecule has 0 bridgehead atoms. The molecule has 2 aliphatic rings. The molecule has 92 valence electrons. The summed E-state index contributed by atoms with van der Waals surface area (Å²) in [7, 11) is 1.80. The number of methoxy groups -OCH3 is 1. The second-order valence-corrected chi connectivity index (χ2v) is 5.26. The summed E-state index contributed by atoms with van der Waals surface area (Å²) in [6.45, 7) is 2.25. The zero-order valence-electron chi connectivity index (χ0n) is 10.6. The summed E-state index contributed by atoms with van der Waals surface area (Å²) >= 11 is 0. The van der Waals surface area contributed by atoms with Crippen molar-refractivity contribution < 1.29 is 4.74 Å². The smallest absolute Gasteiger partial charge is 0.122 e. The molecule has 0 aromatic heterocycles. The molecule has 1 fully saturated rings. The molecule has 1 aliphatic heterocycles. The first-order valence-corrected chi connectivity index (χ1v) is 6.79. The Hall–Kier alpha value is -1.02. The van der Waals surface area contributed by atoms with E-state index in [1.165, 1.54) is 43.2 Å². The van der Waals surface area contributed by atoms with E-state index in [1.807, 2.05) is 0 Å². The summed E-state index contributed by atoms with van der Waals surface area (Å²) in [6.07, 6.45) is 6.42. The lowest BCUT2D eigenvalue weighted by Gasteiger charge is -2.21. The molecule has 0 radical (unpaired) electrons. The molecule has 1 aliphatic carbocycles. The fourth-order valence-electron chi connectivity index (χ4n) is 3.20. The van der Waals surface area contributed by atoms with Gasteiger partial charge in [0, 0.05) is 12.5 Å². The first-order valence-electron chi connectivity index (χ1n) is 6.79. The molecule has 2 heteroatoms. The van der Waals surface area contributed by atoms with Gasteiger partial charge in [-0.05, 0) is 61.4 Å². The van der Waals surface area contributed by atoms with Crippen LogP contribution in [0.5, 0.6) is 5.75 Å². The highest BCUT2D eigenvalue weighted by Crippen LogP contribution is 2.35. The third-order valence-electron chi connectivity index (χ3n) is 4.19. The molecule has 1 atom stereocenters. The number of hydrogen-bond donors (Lipinski definition) is 1.